The van der Waals surface area contributed by atoms with Crippen molar-refractivity contribution in [1.29, 1.82) is 0 Å². The second-order valence-electron chi connectivity index (χ2n) is 3.47. The quantitative estimate of drug-likeness (QED) is 0.694. The first kappa shape index (κ1) is 12.5. The van der Waals surface area contributed by atoms with Crippen LogP contribution in [-0.2, 0) is 4.79 Å². The highest BCUT2D eigenvalue weighted by atomic mass is 16.3. The molecule has 4 heteroatoms. The molecule has 0 atom stereocenters. The van der Waals surface area contributed by atoms with Crippen LogP contribution in [0, 0.1) is 0 Å². The molecule has 1 rings (SSSR count). The van der Waals surface area contributed by atoms with Gasteiger partial charge in [-0.2, -0.15) is 0 Å². The van der Waals surface area contributed by atoms with E-state index in [-0.39, 0.29) is 24.5 Å². The molecule has 1 aromatic rings. The first-order chi connectivity index (χ1) is 7.69. The van der Waals surface area contributed by atoms with Gasteiger partial charge in [-0.05, 0) is 26.0 Å². The molecule has 16 heavy (non-hydrogen) atoms. The van der Waals surface area contributed by atoms with Crippen molar-refractivity contribution in [1.82, 2.24) is 4.90 Å². The number of hydrogen-bond donors (Lipinski definition) is 0. The zero-order valence-corrected chi connectivity index (χ0v) is 9.73. The van der Waals surface area contributed by atoms with E-state index in [1.54, 1.807) is 17.0 Å². The van der Waals surface area contributed by atoms with E-state index in [0.29, 0.717) is 18.8 Å². The Bertz CT molecular complexity index is 339. The molecule has 0 saturated heterocycles. The summed E-state index contributed by atoms with van der Waals surface area (Å²) in [5, 5.41) is 0. The van der Waals surface area contributed by atoms with Crippen molar-refractivity contribution in [2.45, 2.75) is 26.7 Å². The van der Waals surface area contributed by atoms with Crippen molar-refractivity contribution in [3.63, 3.8) is 0 Å². The van der Waals surface area contributed by atoms with Crippen molar-refractivity contribution in [2.24, 2.45) is 0 Å². The van der Waals surface area contributed by atoms with Crippen LogP contribution in [0.25, 0.3) is 0 Å². The Balaban J connectivity index is 2.40. The van der Waals surface area contributed by atoms with Gasteiger partial charge in [-0.15, -0.1) is 0 Å². The number of carbonyl (C=O) groups is 2. The van der Waals surface area contributed by atoms with E-state index in [9.17, 15) is 9.59 Å². The predicted molar refractivity (Wildman–Crippen MR) is 60.2 cm³/mol. The first-order valence-electron chi connectivity index (χ1n) is 5.53. The molecule has 4 nitrogen and oxygen atoms in total. The third kappa shape index (κ3) is 3.22. The zero-order valence-electron chi connectivity index (χ0n) is 9.73. The molecule has 0 bridgehead atoms. The maximum atomic E-state index is 11.6. The molecule has 0 unspecified atom stereocenters. The molecular weight excluding hydrogens is 206 g/mol. The van der Waals surface area contributed by atoms with Crippen molar-refractivity contribution in [3.05, 3.63) is 24.2 Å². The number of amides is 1. The van der Waals surface area contributed by atoms with Crippen molar-refractivity contribution in [3.8, 4) is 0 Å². The summed E-state index contributed by atoms with van der Waals surface area (Å²) in [6.45, 7) is 5.22. The number of ketones is 1. The van der Waals surface area contributed by atoms with Crippen LogP contribution < -0.4 is 0 Å². The summed E-state index contributed by atoms with van der Waals surface area (Å²) in [6.07, 6.45) is 1.92. The van der Waals surface area contributed by atoms with Crippen molar-refractivity contribution in [2.75, 3.05) is 13.1 Å². The largest absolute Gasteiger partial charge is 0.461 e. The van der Waals surface area contributed by atoms with Crippen LogP contribution in [0.5, 0.6) is 0 Å². The Morgan fingerprint density at radius 2 is 1.94 bits per heavy atom. The highest BCUT2D eigenvalue weighted by molar-refractivity contribution is 5.95. The lowest BCUT2D eigenvalue weighted by Gasteiger charge is -2.17. The molecule has 1 heterocycles. The van der Waals surface area contributed by atoms with Crippen LogP contribution in [0.1, 0.15) is 37.2 Å². The molecule has 0 aromatic carbocycles. The Labute approximate surface area is 95.2 Å². The Hall–Kier alpha value is -1.58. The predicted octanol–water partition coefficient (Wildman–Crippen LogP) is 2.11. The number of hydrogen-bond acceptors (Lipinski definition) is 3. The zero-order chi connectivity index (χ0) is 12.0. The summed E-state index contributed by atoms with van der Waals surface area (Å²) < 4.78 is 4.97. The van der Waals surface area contributed by atoms with Gasteiger partial charge in [-0.1, -0.05) is 0 Å². The van der Waals surface area contributed by atoms with Gasteiger partial charge >= 0.3 is 0 Å². The second kappa shape index (κ2) is 6.10. The van der Waals surface area contributed by atoms with Gasteiger partial charge in [0.2, 0.25) is 5.91 Å². The van der Waals surface area contributed by atoms with Gasteiger partial charge in [0.15, 0.2) is 11.5 Å². The number of nitrogens with zero attached hydrogens (tertiary/aromatic N) is 1. The van der Waals surface area contributed by atoms with E-state index < -0.39 is 0 Å². The van der Waals surface area contributed by atoms with Gasteiger partial charge in [0.05, 0.1) is 6.26 Å². The van der Waals surface area contributed by atoms with Crippen LogP contribution in [0.4, 0.5) is 0 Å². The summed E-state index contributed by atoms with van der Waals surface area (Å²) >= 11 is 0. The third-order valence-electron chi connectivity index (χ3n) is 2.48. The van der Waals surface area contributed by atoms with E-state index >= 15 is 0 Å². The molecule has 0 N–H and O–H groups in total. The molecule has 1 aromatic heterocycles. The minimum Gasteiger partial charge on any atom is -0.461 e. The van der Waals surface area contributed by atoms with Crippen LogP contribution in [0.2, 0.25) is 0 Å². The van der Waals surface area contributed by atoms with Crippen LogP contribution in [0.15, 0.2) is 22.8 Å². The number of Topliss-reactive ketones (excluding diaryl/α,β-unsaturated/α-hetero) is 1. The lowest BCUT2D eigenvalue weighted by Crippen LogP contribution is -2.30. The molecule has 0 aliphatic rings. The second-order valence-corrected chi connectivity index (χ2v) is 3.47. The van der Waals surface area contributed by atoms with E-state index in [1.807, 2.05) is 13.8 Å². The standard InChI is InChI=1S/C12H17NO3/c1-3-13(4-2)12(15)8-7-10(14)11-6-5-9-16-11/h5-6,9H,3-4,7-8H2,1-2H3. The molecule has 0 aliphatic heterocycles. The average molecular weight is 223 g/mol. The Kier molecular flexibility index (Phi) is 4.76. The fourth-order valence-electron chi connectivity index (χ4n) is 1.52. The van der Waals surface area contributed by atoms with E-state index in [4.69, 9.17) is 4.42 Å². The fourth-order valence-corrected chi connectivity index (χ4v) is 1.52. The fraction of sp³-hybridized carbons (Fsp3) is 0.500. The van der Waals surface area contributed by atoms with Gasteiger partial charge in [0, 0.05) is 25.9 Å². The monoisotopic (exact) mass is 223 g/mol. The summed E-state index contributed by atoms with van der Waals surface area (Å²) in [4.78, 5) is 24.9. The number of rotatable bonds is 6. The smallest absolute Gasteiger partial charge is 0.223 e. The lowest BCUT2D eigenvalue weighted by atomic mass is 10.1. The van der Waals surface area contributed by atoms with E-state index in [2.05, 4.69) is 0 Å². The minimum atomic E-state index is -0.120. The summed E-state index contributed by atoms with van der Waals surface area (Å²) in [5.41, 5.74) is 0. The Morgan fingerprint density at radius 3 is 2.44 bits per heavy atom. The van der Waals surface area contributed by atoms with Crippen LogP contribution in [-0.4, -0.2) is 29.7 Å². The van der Waals surface area contributed by atoms with E-state index in [1.165, 1.54) is 6.26 Å². The highest BCUT2D eigenvalue weighted by Gasteiger charge is 2.14. The number of furan rings is 1. The lowest BCUT2D eigenvalue weighted by molar-refractivity contribution is -0.130. The average Bonchev–Trinajstić information content (AvgIpc) is 2.81. The van der Waals surface area contributed by atoms with Crippen molar-refractivity contribution < 1.29 is 14.0 Å². The van der Waals surface area contributed by atoms with E-state index in [0.717, 1.165) is 0 Å². The summed E-state index contributed by atoms with van der Waals surface area (Å²) in [5.74, 6) is 0.225. The molecular formula is C12H17NO3. The highest BCUT2D eigenvalue weighted by Crippen LogP contribution is 2.07. The molecule has 88 valence electrons. The SMILES string of the molecule is CCN(CC)C(=O)CCC(=O)c1ccco1. The van der Waals surface area contributed by atoms with Crippen LogP contribution in [0.3, 0.4) is 0 Å². The molecule has 0 spiro atoms. The Morgan fingerprint density at radius 1 is 1.25 bits per heavy atom. The summed E-state index contributed by atoms with van der Waals surface area (Å²) in [6, 6.07) is 3.28. The molecule has 0 fully saturated rings. The molecule has 0 saturated carbocycles. The molecule has 0 aliphatic carbocycles. The topological polar surface area (TPSA) is 50.5 Å². The van der Waals surface area contributed by atoms with Gasteiger partial charge in [0.25, 0.3) is 0 Å². The normalized spacial score (nSPS) is 10.1. The molecule has 1 amide bonds. The van der Waals surface area contributed by atoms with Crippen LogP contribution >= 0.6 is 0 Å². The van der Waals surface area contributed by atoms with Gasteiger partial charge in [-0.25, -0.2) is 0 Å². The van der Waals surface area contributed by atoms with Gasteiger partial charge < -0.3 is 9.32 Å². The first-order valence-corrected chi connectivity index (χ1v) is 5.53. The maximum absolute atomic E-state index is 11.6. The number of carbonyl (C=O) groups excluding carboxylic acids is 2. The minimum absolute atomic E-state index is 0.0184. The maximum Gasteiger partial charge on any atom is 0.223 e. The summed E-state index contributed by atoms with van der Waals surface area (Å²) in [7, 11) is 0. The third-order valence-corrected chi connectivity index (χ3v) is 2.48. The van der Waals surface area contributed by atoms with Gasteiger partial charge in [0.1, 0.15) is 0 Å². The van der Waals surface area contributed by atoms with Gasteiger partial charge in [-0.3, -0.25) is 9.59 Å². The van der Waals surface area contributed by atoms with Crippen molar-refractivity contribution >= 4 is 11.7 Å². The molecule has 0 radical (unpaired) electrons.